The Hall–Kier alpha value is -3.01. The molecule has 0 bridgehead atoms. The van der Waals surface area contributed by atoms with Crippen LogP contribution in [0.1, 0.15) is 139 Å². The van der Waals surface area contributed by atoms with Crippen molar-refractivity contribution in [2.45, 2.75) is 130 Å². The standard InChI is InChI=1S/C40H58O4/c1-4-6-7-8-9-10-11-12-13-14-15-16-17-18-19-29-42-37-27-28-38-36(30-37)21-20-22-39(38)43-32-34-23-25-35(26-24-34)40(41)44-31-33(3)5-2/h20-28,30,33H,4-19,29,31-32H2,1-3H3/t33-/m1/s1. The highest BCUT2D eigenvalue weighted by atomic mass is 16.5. The summed E-state index contributed by atoms with van der Waals surface area (Å²) in [5.41, 5.74) is 1.57. The number of unbranched alkanes of at least 4 members (excludes halogenated alkanes) is 14. The van der Waals surface area contributed by atoms with E-state index in [2.05, 4.69) is 39.0 Å². The molecule has 44 heavy (non-hydrogen) atoms. The summed E-state index contributed by atoms with van der Waals surface area (Å²) in [7, 11) is 0. The normalized spacial score (nSPS) is 11.9. The molecule has 0 saturated heterocycles. The predicted molar refractivity (Wildman–Crippen MR) is 185 cm³/mol. The van der Waals surface area contributed by atoms with Crippen molar-refractivity contribution in [3.05, 3.63) is 71.8 Å². The Morgan fingerprint density at radius 3 is 1.91 bits per heavy atom. The molecule has 3 rings (SSSR count). The smallest absolute Gasteiger partial charge is 0.338 e. The van der Waals surface area contributed by atoms with Crippen LogP contribution in [0.5, 0.6) is 11.5 Å². The Balaban J connectivity index is 1.29. The molecule has 0 radical (unpaired) electrons. The van der Waals surface area contributed by atoms with Crippen molar-refractivity contribution in [1.82, 2.24) is 0 Å². The van der Waals surface area contributed by atoms with Gasteiger partial charge in [0.05, 0.1) is 18.8 Å². The lowest BCUT2D eigenvalue weighted by Gasteiger charge is -2.12. The van der Waals surface area contributed by atoms with Gasteiger partial charge < -0.3 is 14.2 Å². The minimum absolute atomic E-state index is 0.274. The first-order valence-corrected chi connectivity index (χ1v) is 17.6. The third-order valence-electron chi connectivity index (χ3n) is 8.61. The Morgan fingerprint density at radius 2 is 1.30 bits per heavy atom. The summed E-state index contributed by atoms with van der Waals surface area (Å²) in [6.07, 6.45) is 21.5. The largest absolute Gasteiger partial charge is 0.494 e. The number of carbonyl (C=O) groups is 1. The highest BCUT2D eigenvalue weighted by Gasteiger charge is 2.10. The molecule has 0 fully saturated rings. The van der Waals surface area contributed by atoms with Crippen molar-refractivity contribution in [2.24, 2.45) is 5.92 Å². The maximum absolute atomic E-state index is 12.3. The number of ether oxygens (including phenoxy) is 3. The molecule has 3 aromatic rings. The van der Waals surface area contributed by atoms with E-state index in [-0.39, 0.29) is 5.97 Å². The van der Waals surface area contributed by atoms with Crippen molar-refractivity contribution < 1.29 is 19.0 Å². The van der Waals surface area contributed by atoms with Gasteiger partial charge in [0, 0.05) is 5.39 Å². The molecule has 0 aliphatic heterocycles. The van der Waals surface area contributed by atoms with Gasteiger partial charge in [-0.2, -0.15) is 0 Å². The number of hydrogen-bond donors (Lipinski definition) is 0. The summed E-state index contributed by atoms with van der Waals surface area (Å²) in [5, 5.41) is 2.17. The molecular weight excluding hydrogens is 544 g/mol. The van der Waals surface area contributed by atoms with Crippen LogP contribution in [0.4, 0.5) is 0 Å². The third-order valence-corrected chi connectivity index (χ3v) is 8.61. The summed E-state index contributed by atoms with van der Waals surface area (Å²) in [5.74, 6) is 1.85. The van der Waals surface area contributed by atoms with Gasteiger partial charge in [0.25, 0.3) is 0 Å². The van der Waals surface area contributed by atoms with E-state index in [1.807, 2.05) is 42.5 Å². The lowest BCUT2D eigenvalue weighted by Crippen LogP contribution is -2.11. The second kappa shape index (κ2) is 21.7. The van der Waals surface area contributed by atoms with Crippen molar-refractivity contribution in [2.75, 3.05) is 13.2 Å². The SMILES string of the molecule is CCCCCCCCCCCCCCCCCOc1ccc2c(OCc3ccc(C(=O)OC[C@H](C)CC)cc3)cccc2c1. The zero-order valence-corrected chi connectivity index (χ0v) is 27.9. The summed E-state index contributed by atoms with van der Waals surface area (Å²) in [4.78, 5) is 12.3. The van der Waals surface area contributed by atoms with Crippen LogP contribution in [0, 0.1) is 5.92 Å². The first-order valence-electron chi connectivity index (χ1n) is 17.6. The molecule has 0 unspecified atom stereocenters. The molecular formula is C40H58O4. The molecule has 0 amide bonds. The summed E-state index contributed by atoms with van der Waals surface area (Å²) >= 11 is 0. The van der Waals surface area contributed by atoms with Gasteiger partial charge in [0.2, 0.25) is 0 Å². The molecule has 1 atom stereocenters. The second-order valence-electron chi connectivity index (χ2n) is 12.5. The molecule has 242 valence electrons. The second-order valence-corrected chi connectivity index (χ2v) is 12.5. The van der Waals surface area contributed by atoms with Gasteiger partial charge in [0.1, 0.15) is 18.1 Å². The van der Waals surface area contributed by atoms with Gasteiger partial charge in [-0.05, 0) is 59.7 Å². The molecule has 4 heteroatoms. The quantitative estimate of drug-likeness (QED) is 0.0755. The number of carbonyl (C=O) groups excluding carboxylic acids is 1. The van der Waals surface area contributed by atoms with E-state index in [9.17, 15) is 4.79 Å². The number of hydrogen-bond acceptors (Lipinski definition) is 4. The van der Waals surface area contributed by atoms with Crippen LogP contribution in [0.25, 0.3) is 10.8 Å². The Kier molecular flexibility index (Phi) is 17.5. The topological polar surface area (TPSA) is 44.8 Å². The number of esters is 1. The van der Waals surface area contributed by atoms with Crippen molar-refractivity contribution >= 4 is 16.7 Å². The van der Waals surface area contributed by atoms with Crippen LogP contribution >= 0.6 is 0 Å². The van der Waals surface area contributed by atoms with Crippen LogP contribution in [0.2, 0.25) is 0 Å². The lowest BCUT2D eigenvalue weighted by atomic mass is 10.0. The van der Waals surface area contributed by atoms with Crippen LogP contribution < -0.4 is 9.47 Å². The molecule has 3 aromatic carbocycles. The first kappa shape index (κ1) is 35.5. The molecule has 4 nitrogen and oxygen atoms in total. The molecule has 0 N–H and O–H groups in total. The van der Waals surface area contributed by atoms with Crippen molar-refractivity contribution in [3.8, 4) is 11.5 Å². The van der Waals surface area contributed by atoms with E-state index in [1.54, 1.807) is 0 Å². The minimum Gasteiger partial charge on any atom is -0.494 e. The Labute approximate surface area is 267 Å². The average molecular weight is 603 g/mol. The molecule has 0 aliphatic carbocycles. The van der Waals surface area contributed by atoms with E-state index in [0.717, 1.165) is 47.3 Å². The van der Waals surface area contributed by atoms with E-state index in [1.165, 1.54) is 89.9 Å². The summed E-state index contributed by atoms with van der Waals surface area (Å²) < 4.78 is 17.7. The Morgan fingerprint density at radius 1 is 0.682 bits per heavy atom. The number of rotatable bonds is 24. The molecule has 0 spiro atoms. The van der Waals surface area contributed by atoms with Gasteiger partial charge in [-0.15, -0.1) is 0 Å². The van der Waals surface area contributed by atoms with E-state index < -0.39 is 0 Å². The number of fused-ring (bicyclic) bond motifs is 1. The van der Waals surface area contributed by atoms with Gasteiger partial charge >= 0.3 is 5.97 Å². The van der Waals surface area contributed by atoms with Crippen molar-refractivity contribution in [3.63, 3.8) is 0 Å². The average Bonchev–Trinajstić information content (AvgIpc) is 3.05. The van der Waals surface area contributed by atoms with Gasteiger partial charge in [-0.25, -0.2) is 4.79 Å². The zero-order valence-electron chi connectivity index (χ0n) is 27.9. The number of benzene rings is 3. The highest BCUT2D eigenvalue weighted by molar-refractivity contribution is 5.90. The van der Waals surface area contributed by atoms with Crippen molar-refractivity contribution in [1.29, 1.82) is 0 Å². The van der Waals surface area contributed by atoms with Crippen LogP contribution in [0.15, 0.2) is 60.7 Å². The highest BCUT2D eigenvalue weighted by Crippen LogP contribution is 2.29. The van der Waals surface area contributed by atoms with Crippen LogP contribution in [0.3, 0.4) is 0 Å². The van der Waals surface area contributed by atoms with Gasteiger partial charge in [0.15, 0.2) is 0 Å². The minimum atomic E-state index is -0.274. The monoisotopic (exact) mass is 602 g/mol. The zero-order chi connectivity index (χ0) is 31.2. The van der Waals surface area contributed by atoms with Gasteiger partial charge in [-0.3, -0.25) is 0 Å². The van der Waals surface area contributed by atoms with Crippen LogP contribution in [-0.2, 0) is 11.3 Å². The van der Waals surface area contributed by atoms with Crippen LogP contribution in [-0.4, -0.2) is 19.2 Å². The van der Waals surface area contributed by atoms with E-state index in [0.29, 0.717) is 24.7 Å². The molecule has 0 aliphatic rings. The first-order chi connectivity index (χ1) is 21.6. The third kappa shape index (κ3) is 13.7. The summed E-state index contributed by atoms with van der Waals surface area (Å²) in [6.45, 7) is 8.11. The maximum Gasteiger partial charge on any atom is 0.338 e. The molecule has 0 heterocycles. The fourth-order valence-electron chi connectivity index (χ4n) is 5.43. The fraction of sp³-hybridized carbons (Fsp3) is 0.575. The Bertz CT molecular complexity index is 1190. The molecule has 0 aromatic heterocycles. The van der Waals surface area contributed by atoms with E-state index in [4.69, 9.17) is 14.2 Å². The van der Waals surface area contributed by atoms with Gasteiger partial charge in [-0.1, -0.05) is 141 Å². The maximum atomic E-state index is 12.3. The fourth-order valence-corrected chi connectivity index (χ4v) is 5.43. The predicted octanol–water partition coefficient (Wildman–Crippen LogP) is 11.9. The summed E-state index contributed by atoms with van der Waals surface area (Å²) in [6, 6.07) is 19.8. The molecule has 0 saturated carbocycles. The van der Waals surface area contributed by atoms with E-state index >= 15 is 0 Å². The lowest BCUT2D eigenvalue weighted by molar-refractivity contribution is 0.0447.